The minimum atomic E-state index is -5.08. The van der Waals surface area contributed by atoms with Crippen molar-refractivity contribution in [3.8, 4) is 0 Å². The topological polar surface area (TPSA) is 121 Å². The van der Waals surface area contributed by atoms with Crippen molar-refractivity contribution in [3.05, 3.63) is 46.3 Å². The number of nitrogens with one attached hydrogen (secondary N) is 1. The lowest BCUT2D eigenvalue weighted by atomic mass is 9.79. The zero-order valence-electron chi connectivity index (χ0n) is 16.3. The molecule has 1 aromatic carbocycles. The lowest BCUT2D eigenvalue weighted by Crippen LogP contribution is -2.39. The summed E-state index contributed by atoms with van der Waals surface area (Å²) in [6.45, 7) is 2.55. The van der Waals surface area contributed by atoms with Gasteiger partial charge in [0.2, 0.25) is 0 Å². The SMILES string of the molecule is CCOC(=O)C1=C(C=O)NC(C(F)(F)F)=C(C(=O)OCC)C1c1cccc2nonc12. The number of rotatable bonds is 6. The van der Waals surface area contributed by atoms with E-state index in [1.54, 1.807) is 0 Å². The molecule has 1 aliphatic rings. The van der Waals surface area contributed by atoms with E-state index in [2.05, 4.69) is 14.9 Å². The average molecular weight is 439 g/mol. The van der Waals surface area contributed by atoms with Crippen molar-refractivity contribution in [3.63, 3.8) is 0 Å². The lowest BCUT2D eigenvalue weighted by Gasteiger charge is -2.31. The third-order valence-electron chi connectivity index (χ3n) is 4.42. The van der Waals surface area contributed by atoms with Gasteiger partial charge in [-0.3, -0.25) is 4.79 Å². The van der Waals surface area contributed by atoms with Crippen molar-refractivity contribution in [1.82, 2.24) is 15.6 Å². The number of fused-ring (bicyclic) bond motifs is 1. The highest BCUT2D eigenvalue weighted by Gasteiger charge is 2.48. The first-order valence-electron chi connectivity index (χ1n) is 9.07. The van der Waals surface area contributed by atoms with E-state index in [1.165, 1.54) is 32.0 Å². The van der Waals surface area contributed by atoms with Crippen LogP contribution in [0.4, 0.5) is 13.2 Å². The summed E-state index contributed by atoms with van der Waals surface area (Å²) in [6.07, 6.45) is -5.03. The van der Waals surface area contributed by atoms with Crippen LogP contribution in [0.2, 0.25) is 0 Å². The highest BCUT2D eigenvalue weighted by atomic mass is 19.4. The lowest BCUT2D eigenvalue weighted by molar-refractivity contribution is -0.141. The van der Waals surface area contributed by atoms with Crippen LogP contribution in [0.1, 0.15) is 25.3 Å². The van der Waals surface area contributed by atoms with Gasteiger partial charge in [0.15, 0.2) is 6.29 Å². The quantitative estimate of drug-likeness (QED) is 0.534. The summed E-state index contributed by atoms with van der Waals surface area (Å²) < 4.78 is 56.1. The summed E-state index contributed by atoms with van der Waals surface area (Å²) >= 11 is 0. The monoisotopic (exact) mass is 439 g/mol. The van der Waals surface area contributed by atoms with Crippen LogP contribution in [-0.2, 0) is 23.9 Å². The Balaban J connectivity index is 2.40. The standard InChI is InChI=1S/C19H16F3N3O6/c1-3-29-17(27)13-11(8-26)23-16(19(20,21)22)14(18(28)30-4-2)12(13)9-6-5-7-10-15(9)25-31-24-10/h5-8,12,23H,3-4H2,1-2H3. The van der Waals surface area contributed by atoms with Crippen LogP contribution in [0.15, 0.2) is 45.4 Å². The minimum absolute atomic E-state index is 0.00442. The third-order valence-corrected chi connectivity index (χ3v) is 4.42. The Bertz CT molecular complexity index is 1100. The molecule has 164 valence electrons. The molecule has 0 saturated heterocycles. The Hall–Kier alpha value is -3.70. The maximum atomic E-state index is 13.9. The number of halogens is 3. The van der Waals surface area contributed by atoms with Gasteiger partial charge in [0.25, 0.3) is 0 Å². The smallest absolute Gasteiger partial charge is 0.431 e. The van der Waals surface area contributed by atoms with E-state index in [4.69, 9.17) is 9.47 Å². The molecule has 1 atom stereocenters. The molecule has 12 heteroatoms. The van der Waals surface area contributed by atoms with E-state index >= 15 is 0 Å². The normalized spacial score (nSPS) is 16.9. The van der Waals surface area contributed by atoms with E-state index in [0.717, 1.165) is 0 Å². The maximum absolute atomic E-state index is 13.9. The number of carbonyl (C=O) groups is 3. The first kappa shape index (κ1) is 22.0. The third kappa shape index (κ3) is 4.00. The van der Waals surface area contributed by atoms with Crippen LogP contribution in [-0.4, -0.2) is 47.9 Å². The van der Waals surface area contributed by atoms with Crippen molar-refractivity contribution in [1.29, 1.82) is 0 Å². The number of ether oxygens (including phenoxy) is 2. The first-order chi connectivity index (χ1) is 14.7. The number of hydrogen-bond acceptors (Lipinski definition) is 9. The molecule has 0 radical (unpaired) electrons. The Morgan fingerprint density at radius 2 is 1.77 bits per heavy atom. The molecule has 1 N–H and O–H groups in total. The van der Waals surface area contributed by atoms with Gasteiger partial charge in [-0.1, -0.05) is 12.1 Å². The van der Waals surface area contributed by atoms with Gasteiger partial charge in [0.05, 0.1) is 36.0 Å². The Morgan fingerprint density at radius 3 is 2.35 bits per heavy atom. The second-order valence-corrected chi connectivity index (χ2v) is 6.21. The number of aromatic nitrogens is 2. The molecule has 9 nitrogen and oxygen atoms in total. The summed E-state index contributed by atoms with van der Waals surface area (Å²) in [7, 11) is 0. The van der Waals surface area contributed by atoms with E-state index in [0.29, 0.717) is 0 Å². The molecule has 2 heterocycles. The van der Waals surface area contributed by atoms with Gasteiger partial charge in [0, 0.05) is 0 Å². The van der Waals surface area contributed by atoms with Crippen molar-refractivity contribution < 1.29 is 41.7 Å². The molecule has 0 amide bonds. The number of alkyl halides is 3. The van der Waals surface area contributed by atoms with Gasteiger partial charge < -0.3 is 14.8 Å². The number of aldehydes is 1. The van der Waals surface area contributed by atoms with Gasteiger partial charge in [-0.25, -0.2) is 14.2 Å². The number of esters is 2. The highest BCUT2D eigenvalue weighted by molar-refractivity contribution is 6.04. The van der Waals surface area contributed by atoms with Crippen LogP contribution in [0, 0.1) is 0 Å². The molecule has 0 fully saturated rings. The number of allylic oxidation sites excluding steroid dienone is 2. The molecule has 31 heavy (non-hydrogen) atoms. The molecule has 0 aliphatic carbocycles. The Labute approximate surface area is 172 Å². The van der Waals surface area contributed by atoms with Crippen LogP contribution >= 0.6 is 0 Å². The summed E-state index contributed by atoms with van der Waals surface area (Å²) in [5.41, 5.74) is -3.49. The number of carbonyl (C=O) groups excluding carboxylic acids is 3. The fraction of sp³-hybridized carbons (Fsp3) is 0.316. The predicted octanol–water partition coefficient (Wildman–Crippen LogP) is 2.31. The molecular weight excluding hydrogens is 423 g/mol. The van der Waals surface area contributed by atoms with Crippen LogP contribution in [0.25, 0.3) is 11.0 Å². The number of dihydropyridines is 1. The zero-order valence-corrected chi connectivity index (χ0v) is 16.3. The zero-order chi connectivity index (χ0) is 22.8. The molecular formula is C19H16F3N3O6. The number of hydrogen-bond donors (Lipinski definition) is 1. The molecule has 0 spiro atoms. The summed E-state index contributed by atoms with van der Waals surface area (Å²) in [4.78, 5) is 37.1. The van der Waals surface area contributed by atoms with Gasteiger partial charge in [-0.15, -0.1) is 0 Å². The molecule has 1 unspecified atom stereocenters. The first-order valence-corrected chi connectivity index (χ1v) is 9.07. The highest BCUT2D eigenvalue weighted by Crippen LogP contribution is 2.44. The van der Waals surface area contributed by atoms with Crippen molar-refractivity contribution in [2.45, 2.75) is 25.9 Å². The van der Waals surface area contributed by atoms with Crippen molar-refractivity contribution in [2.24, 2.45) is 0 Å². The number of benzene rings is 1. The average Bonchev–Trinajstić information content (AvgIpc) is 3.20. The van der Waals surface area contributed by atoms with E-state index in [9.17, 15) is 27.6 Å². The summed E-state index contributed by atoms with van der Waals surface area (Å²) in [5, 5.41) is 9.19. The largest absolute Gasteiger partial charge is 0.463 e. The molecule has 0 saturated carbocycles. The van der Waals surface area contributed by atoms with Crippen LogP contribution in [0.3, 0.4) is 0 Å². The maximum Gasteiger partial charge on any atom is 0.431 e. The van der Waals surface area contributed by atoms with E-state index in [1.807, 2.05) is 5.32 Å². The second-order valence-electron chi connectivity index (χ2n) is 6.21. The molecule has 1 aromatic heterocycles. The van der Waals surface area contributed by atoms with Gasteiger partial charge in [0.1, 0.15) is 16.7 Å². The van der Waals surface area contributed by atoms with E-state index < -0.39 is 46.6 Å². The molecule has 3 rings (SSSR count). The minimum Gasteiger partial charge on any atom is -0.463 e. The number of nitrogens with zero attached hydrogens (tertiary/aromatic N) is 2. The van der Waals surface area contributed by atoms with Crippen LogP contribution < -0.4 is 5.32 Å². The molecule has 1 aliphatic heterocycles. The van der Waals surface area contributed by atoms with Crippen molar-refractivity contribution in [2.75, 3.05) is 13.2 Å². The summed E-state index contributed by atoms with van der Waals surface area (Å²) in [6, 6.07) is 4.25. The molecule has 0 bridgehead atoms. The fourth-order valence-electron chi connectivity index (χ4n) is 3.27. The van der Waals surface area contributed by atoms with Gasteiger partial charge >= 0.3 is 18.1 Å². The second kappa shape index (κ2) is 8.58. The van der Waals surface area contributed by atoms with Crippen LogP contribution in [0.5, 0.6) is 0 Å². The van der Waals surface area contributed by atoms with E-state index in [-0.39, 0.29) is 36.1 Å². The Kier molecular flexibility index (Phi) is 6.09. The van der Waals surface area contributed by atoms with Gasteiger partial charge in [-0.05, 0) is 35.8 Å². The Morgan fingerprint density at radius 1 is 1.13 bits per heavy atom. The molecule has 2 aromatic rings. The van der Waals surface area contributed by atoms with Gasteiger partial charge in [-0.2, -0.15) is 13.2 Å². The summed E-state index contributed by atoms with van der Waals surface area (Å²) in [5.74, 6) is -4.10. The predicted molar refractivity (Wildman–Crippen MR) is 97.1 cm³/mol. The van der Waals surface area contributed by atoms with Crippen molar-refractivity contribution >= 4 is 29.3 Å². The fourth-order valence-corrected chi connectivity index (χ4v) is 3.27.